The summed E-state index contributed by atoms with van der Waals surface area (Å²) in [5.41, 5.74) is -0.312. The molecule has 0 spiro atoms. The Labute approximate surface area is 115 Å². The van der Waals surface area contributed by atoms with E-state index in [4.69, 9.17) is 0 Å². The minimum absolute atomic E-state index is 0.171. The molecule has 0 bridgehead atoms. The summed E-state index contributed by atoms with van der Waals surface area (Å²) >= 11 is 0. The van der Waals surface area contributed by atoms with Crippen LogP contribution in [0, 0.1) is 10.8 Å². The lowest BCUT2D eigenvalue weighted by atomic mass is 9.77. The molecule has 109 valence electrons. The van der Waals surface area contributed by atoms with Crippen LogP contribution in [0.25, 0.3) is 0 Å². The molecule has 2 heteroatoms. The molecule has 0 fully saturated rings. The molecule has 0 amide bonds. The van der Waals surface area contributed by atoms with Crippen molar-refractivity contribution in [2.75, 3.05) is 0 Å². The second kappa shape index (κ2) is 5.13. The van der Waals surface area contributed by atoms with Crippen molar-refractivity contribution in [3.8, 4) is 0 Å². The molecule has 0 saturated carbocycles. The molecule has 0 unspecified atom stereocenters. The van der Waals surface area contributed by atoms with Crippen molar-refractivity contribution >= 4 is 0 Å². The molecule has 0 rings (SSSR count). The van der Waals surface area contributed by atoms with Crippen LogP contribution in [-0.4, -0.2) is 16.1 Å². The molecule has 1 radical (unpaired) electrons. The van der Waals surface area contributed by atoms with Gasteiger partial charge in [-0.05, 0) is 51.4 Å². The maximum atomic E-state index is 12.8. The average molecular weight is 256 g/mol. The topological polar surface area (TPSA) is 23.1 Å². The summed E-state index contributed by atoms with van der Waals surface area (Å²) in [5, 5.41) is 14.1. The molecule has 0 aromatic heterocycles. The lowest BCUT2D eigenvalue weighted by Crippen LogP contribution is -2.55. The van der Waals surface area contributed by atoms with Gasteiger partial charge in [0.05, 0.1) is 0 Å². The first-order valence-electron chi connectivity index (χ1n) is 7.04. The second-order valence-corrected chi connectivity index (χ2v) is 9.39. The van der Waals surface area contributed by atoms with Crippen molar-refractivity contribution in [3.63, 3.8) is 0 Å². The van der Waals surface area contributed by atoms with Gasteiger partial charge in [-0.2, -0.15) is 0 Å². The third kappa shape index (κ3) is 6.19. The molecule has 0 aromatic carbocycles. The van der Waals surface area contributed by atoms with Gasteiger partial charge in [-0.25, -0.2) is 0 Å². The first kappa shape index (κ1) is 17.9. The Morgan fingerprint density at radius 1 is 0.611 bits per heavy atom. The molecule has 0 aliphatic carbocycles. The third-order valence-corrected chi connectivity index (χ3v) is 3.03. The minimum Gasteiger partial charge on any atom is -0.144 e. The van der Waals surface area contributed by atoms with E-state index in [2.05, 4.69) is 69.2 Å². The van der Waals surface area contributed by atoms with E-state index >= 15 is 0 Å². The predicted molar refractivity (Wildman–Crippen MR) is 78.8 cm³/mol. The Morgan fingerprint density at radius 3 is 1.00 bits per heavy atom. The molecule has 2 nitrogen and oxygen atoms in total. The summed E-state index contributed by atoms with van der Waals surface area (Å²) in [5.74, 6) is 0. The summed E-state index contributed by atoms with van der Waals surface area (Å²) in [6.45, 7) is 21.4. The van der Waals surface area contributed by atoms with Crippen LogP contribution in [0.1, 0.15) is 82.1 Å². The predicted octanol–water partition coefficient (Wildman–Crippen LogP) is 5.06. The first-order chi connectivity index (χ1) is 7.57. The molecule has 0 N–H and O–H groups in total. The average Bonchev–Trinajstić information content (AvgIpc) is 1.92. The van der Waals surface area contributed by atoms with Crippen molar-refractivity contribution < 1.29 is 5.21 Å². The van der Waals surface area contributed by atoms with Crippen molar-refractivity contribution in [1.29, 1.82) is 0 Å². The van der Waals surface area contributed by atoms with Crippen LogP contribution < -0.4 is 0 Å². The van der Waals surface area contributed by atoms with Gasteiger partial charge in [0.1, 0.15) is 0 Å². The Hall–Kier alpha value is -0.0800. The largest absolute Gasteiger partial charge is 0.144 e. The van der Waals surface area contributed by atoms with Crippen LogP contribution in [-0.2, 0) is 5.21 Å². The van der Waals surface area contributed by atoms with Crippen LogP contribution in [0.5, 0.6) is 0 Å². The van der Waals surface area contributed by atoms with Gasteiger partial charge in [-0.15, -0.1) is 10.3 Å². The monoisotopic (exact) mass is 256 g/mol. The summed E-state index contributed by atoms with van der Waals surface area (Å²) in [4.78, 5) is 0. The highest BCUT2D eigenvalue weighted by Gasteiger charge is 2.42. The normalized spacial score (nSPS) is 15.3. The van der Waals surface area contributed by atoms with E-state index in [1.54, 1.807) is 0 Å². The Morgan fingerprint density at radius 2 is 0.833 bits per heavy atom. The molecule has 0 aliphatic rings. The molecule has 0 aliphatic heterocycles. The van der Waals surface area contributed by atoms with E-state index in [1.807, 2.05) is 0 Å². The standard InChI is InChI=1S/C16H34NO/c1-13(2,3)11-15(7,8)17(18)16(9,10)12-14(4,5)6/h11-12H2,1-10H3. The van der Waals surface area contributed by atoms with Crippen LogP contribution in [0.2, 0.25) is 0 Å². The van der Waals surface area contributed by atoms with Gasteiger partial charge in [-0.1, -0.05) is 41.5 Å². The van der Waals surface area contributed by atoms with Gasteiger partial charge >= 0.3 is 0 Å². The lowest BCUT2D eigenvalue weighted by Gasteiger charge is -2.46. The lowest BCUT2D eigenvalue weighted by molar-refractivity contribution is -0.282. The second-order valence-electron chi connectivity index (χ2n) is 9.39. The van der Waals surface area contributed by atoms with E-state index < -0.39 is 0 Å². The van der Waals surface area contributed by atoms with Crippen LogP contribution in [0.3, 0.4) is 0 Å². The van der Waals surface area contributed by atoms with E-state index in [9.17, 15) is 5.21 Å². The number of hydrogen-bond acceptors (Lipinski definition) is 1. The minimum atomic E-state index is -0.326. The molecule has 0 heterocycles. The zero-order chi connectivity index (χ0) is 15.0. The van der Waals surface area contributed by atoms with Crippen molar-refractivity contribution in [3.05, 3.63) is 0 Å². The Bertz CT molecular complexity index is 238. The van der Waals surface area contributed by atoms with Gasteiger partial charge in [0.2, 0.25) is 0 Å². The Balaban J connectivity index is 4.96. The fourth-order valence-electron chi connectivity index (χ4n) is 3.56. The zero-order valence-electron chi connectivity index (χ0n) is 14.3. The van der Waals surface area contributed by atoms with Crippen molar-refractivity contribution in [2.24, 2.45) is 10.8 Å². The van der Waals surface area contributed by atoms with Crippen LogP contribution >= 0.6 is 0 Å². The van der Waals surface area contributed by atoms with E-state index in [1.165, 1.54) is 5.06 Å². The number of rotatable bonds is 4. The van der Waals surface area contributed by atoms with E-state index in [0.29, 0.717) is 0 Å². The van der Waals surface area contributed by atoms with E-state index in [-0.39, 0.29) is 21.9 Å². The maximum absolute atomic E-state index is 12.8. The fraction of sp³-hybridized carbons (Fsp3) is 1.00. The highest BCUT2D eigenvalue weighted by atomic mass is 16.5. The van der Waals surface area contributed by atoms with Gasteiger partial charge in [0.15, 0.2) is 0 Å². The van der Waals surface area contributed by atoms with Gasteiger partial charge in [0, 0.05) is 11.1 Å². The van der Waals surface area contributed by atoms with Gasteiger partial charge < -0.3 is 0 Å². The number of hydrogen-bond donors (Lipinski definition) is 0. The molecule has 0 atom stereocenters. The third-order valence-electron chi connectivity index (χ3n) is 3.03. The maximum Gasteiger partial charge on any atom is 0.0448 e. The SMILES string of the molecule is CC(C)(C)CC(C)(C)N([O])C(C)(C)CC(C)(C)C. The first-order valence-corrected chi connectivity index (χ1v) is 7.04. The van der Waals surface area contributed by atoms with Gasteiger partial charge in [0.25, 0.3) is 0 Å². The highest BCUT2D eigenvalue weighted by Crippen LogP contribution is 2.38. The quantitative estimate of drug-likeness (QED) is 0.644. The summed E-state index contributed by atoms with van der Waals surface area (Å²) in [6.07, 6.45) is 1.80. The van der Waals surface area contributed by atoms with Gasteiger partial charge in [-0.3, -0.25) is 0 Å². The molecule has 18 heavy (non-hydrogen) atoms. The van der Waals surface area contributed by atoms with Crippen LogP contribution in [0.4, 0.5) is 0 Å². The van der Waals surface area contributed by atoms with Crippen molar-refractivity contribution in [2.45, 2.75) is 93.2 Å². The number of hydroxylamine groups is 2. The number of nitrogens with zero attached hydrogens (tertiary/aromatic N) is 1. The smallest absolute Gasteiger partial charge is 0.0448 e. The summed E-state index contributed by atoms with van der Waals surface area (Å²) in [7, 11) is 0. The molecule has 0 aromatic rings. The van der Waals surface area contributed by atoms with E-state index in [0.717, 1.165) is 12.8 Å². The summed E-state index contributed by atoms with van der Waals surface area (Å²) < 4.78 is 0. The zero-order valence-corrected chi connectivity index (χ0v) is 14.3. The molecular formula is C16H34NO. The summed E-state index contributed by atoms with van der Waals surface area (Å²) in [6, 6.07) is 0. The molecule has 0 saturated heterocycles. The fourth-order valence-corrected chi connectivity index (χ4v) is 3.56. The van der Waals surface area contributed by atoms with Crippen molar-refractivity contribution in [1.82, 2.24) is 5.06 Å². The van der Waals surface area contributed by atoms with Crippen LogP contribution in [0.15, 0.2) is 0 Å². The highest BCUT2D eigenvalue weighted by molar-refractivity contribution is 4.91. The Kier molecular flexibility index (Phi) is 5.10. The molecular weight excluding hydrogens is 222 g/mol.